The number of nitriles is 1. The van der Waals surface area contributed by atoms with Gasteiger partial charge in [-0.05, 0) is 36.4 Å². The smallest absolute Gasteiger partial charge is 0.252 e. The van der Waals surface area contributed by atoms with Crippen LogP contribution in [0.25, 0.3) is 0 Å². The van der Waals surface area contributed by atoms with E-state index in [1.54, 1.807) is 6.07 Å². The van der Waals surface area contributed by atoms with Crippen molar-refractivity contribution in [2.75, 3.05) is 10.8 Å². The lowest BCUT2D eigenvalue weighted by molar-refractivity contribution is -0.137. The monoisotopic (exact) mass is 442 g/mol. The fourth-order valence-electron chi connectivity index (χ4n) is 2.02. The van der Waals surface area contributed by atoms with E-state index in [1.807, 2.05) is 0 Å². The summed E-state index contributed by atoms with van der Waals surface area (Å²) in [5.74, 6) is 0. The van der Waals surface area contributed by atoms with Crippen LogP contribution in [-0.4, -0.2) is 15.0 Å². The first-order valence-electron chi connectivity index (χ1n) is 6.70. The van der Waals surface area contributed by atoms with Crippen molar-refractivity contribution in [3.63, 3.8) is 0 Å². The Morgan fingerprint density at radius 3 is 2.04 bits per heavy atom. The van der Waals surface area contributed by atoms with Crippen LogP contribution >= 0.6 is 34.8 Å². The van der Waals surface area contributed by atoms with Crippen LogP contribution in [0.4, 0.5) is 18.9 Å². The van der Waals surface area contributed by atoms with Gasteiger partial charge in [0.05, 0.1) is 32.4 Å². The van der Waals surface area contributed by atoms with Gasteiger partial charge in [0.15, 0.2) is 0 Å². The Morgan fingerprint density at radius 1 is 1.00 bits per heavy atom. The summed E-state index contributed by atoms with van der Waals surface area (Å²) in [5.41, 5.74) is -1.09. The normalized spacial score (nSPS) is 11.9. The molecule has 0 heterocycles. The third-order valence-electron chi connectivity index (χ3n) is 3.24. The number of alkyl halides is 3. The zero-order valence-corrected chi connectivity index (χ0v) is 15.6. The molecule has 11 heteroatoms. The zero-order valence-electron chi connectivity index (χ0n) is 12.6. The third kappa shape index (κ3) is 4.18. The van der Waals surface area contributed by atoms with Gasteiger partial charge in [0.1, 0.15) is 11.4 Å². The topological polar surface area (TPSA) is 61.2 Å². The minimum absolute atomic E-state index is 0.0250. The van der Waals surface area contributed by atoms with Gasteiger partial charge >= 0.3 is 6.18 Å². The molecular formula is C15H8Cl3F3N2O2S. The van der Waals surface area contributed by atoms with Gasteiger partial charge in [-0.2, -0.15) is 18.4 Å². The molecule has 2 rings (SSSR count). The molecule has 2 aromatic carbocycles. The second kappa shape index (κ2) is 7.53. The first-order valence-corrected chi connectivity index (χ1v) is 9.27. The molecule has 0 atom stereocenters. The predicted octanol–water partition coefficient (Wildman–Crippen LogP) is 5.38. The van der Waals surface area contributed by atoms with Crippen molar-refractivity contribution in [3.8, 4) is 6.07 Å². The average molecular weight is 444 g/mol. The molecule has 0 spiro atoms. The molecule has 0 fully saturated rings. The van der Waals surface area contributed by atoms with Crippen LogP contribution in [0.5, 0.6) is 0 Å². The standard InChI is InChI=1S/C15H8Cl3F3N2O2S/c16-11-7-13(18)14(8-12(11)17)26(24,25)23(6-5-22)10-3-1-9(2-4-10)15(19,20)21/h1-4,7-8H,6H2. The lowest BCUT2D eigenvalue weighted by Gasteiger charge is -2.23. The Balaban J connectivity index is 2.56. The van der Waals surface area contributed by atoms with Crippen LogP contribution in [-0.2, 0) is 16.2 Å². The number of nitrogens with zero attached hydrogens (tertiary/aromatic N) is 2. The number of hydrogen-bond acceptors (Lipinski definition) is 3. The highest BCUT2D eigenvalue weighted by molar-refractivity contribution is 7.93. The summed E-state index contributed by atoms with van der Waals surface area (Å²) in [7, 11) is -4.38. The van der Waals surface area contributed by atoms with Crippen LogP contribution in [0, 0.1) is 11.3 Å². The Bertz CT molecular complexity index is 971. The number of anilines is 1. The van der Waals surface area contributed by atoms with Crippen LogP contribution in [0.1, 0.15) is 5.56 Å². The lowest BCUT2D eigenvalue weighted by Crippen LogP contribution is -2.31. The van der Waals surface area contributed by atoms with Crippen molar-refractivity contribution in [1.82, 2.24) is 0 Å². The molecule has 26 heavy (non-hydrogen) atoms. The largest absolute Gasteiger partial charge is 0.416 e. The van der Waals surface area contributed by atoms with E-state index in [0.29, 0.717) is 16.4 Å². The van der Waals surface area contributed by atoms with E-state index >= 15 is 0 Å². The molecule has 0 saturated heterocycles. The van der Waals surface area contributed by atoms with Crippen molar-refractivity contribution in [3.05, 3.63) is 57.0 Å². The molecule has 0 amide bonds. The third-order valence-corrected chi connectivity index (χ3v) is 6.20. The minimum atomic E-state index is -4.58. The van der Waals surface area contributed by atoms with Crippen LogP contribution < -0.4 is 4.31 Å². The van der Waals surface area contributed by atoms with Gasteiger partial charge in [0.2, 0.25) is 0 Å². The maximum Gasteiger partial charge on any atom is 0.416 e. The molecule has 0 aromatic heterocycles. The van der Waals surface area contributed by atoms with E-state index < -0.39 is 33.2 Å². The van der Waals surface area contributed by atoms with Crippen molar-refractivity contribution in [2.45, 2.75) is 11.1 Å². The fourth-order valence-corrected chi connectivity index (χ4v) is 4.36. The lowest BCUT2D eigenvalue weighted by atomic mass is 10.2. The van der Waals surface area contributed by atoms with Gasteiger partial charge in [0.25, 0.3) is 10.0 Å². The van der Waals surface area contributed by atoms with Crippen LogP contribution in [0.3, 0.4) is 0 Å². The van der Waals surface area contributed by atoms with E-state index in [-0.39, 0.29) is 20.8 Å². The second-order valence-electron chi connectivity index (χ2n) is 4.91. The molecule has 0 unspecified atom stereocenters. The molecule has 0 N–H and O–H groups in total. The molecule has 0 aliphatic rings. The van der Waals surface area contributed by atoms with Gasteiger partial charge in [-0.3, -0.25) is 4.31 Å². The number of sulfonamides is 1. The molecular weight excluding hydrogens is 436 g/mol. The van der Waals surface area contributed by atoms with Crippen molar-refractivity contribution >= 4 is 50.5 Å². The fraction of sp³-hybridized carbons (Fsp3) is 0.133. The average Bonchev–Trinajstić information content (AvgIpc) is 2.55. The first kappa shape index (κ1) is 20.6. The predicted molar refractivity (Wildman–Crippen MR) is 93.1 cm³/mol. The summed E-state index contributed by atoms with van der Waals surface area (Å²) < 4.78 is 64.4. The number of hydrogen-bond donors (Lipinski definition) is 0. The molecule has 0 aliphatic carbocycles. The summed E-state index contributed by atoms with van der Waals surface area (Å²) in [6.07, 6.45) is -4.58. The van der Waals surface area contributed by atoms with Crippen molar-refractivity contribution in [1.29, 1.82) is 5.26 Å². The molecule has 0 bridgehead atoms. The van der Waals surface area contributed by atoms with Crippen LogP contribution in [0.15, 0.2) is 41.3 Å². The molecule has 2 aromatic rings. The quantitative estimate of drug-likeness (QED) is 0.470. The van der Waals surface area contributed by atoms with Gasteiger partial charge < -0.3 is 0 Å². The summed E-state index contributed by atoms with van der Waals surface area (Å²) in [4.78, 5) is -0.427. The molecule has 0 radical (unpaired) electrons. The van der Waals surface area contributed by atoms with Crippen LogP contribution in [0.2, 0.25) is 15.1 Å². The summed E-state index contributed by atoms with van der Waals surface area (Å²) in [6, 6.07) is 7.11. The Labute approximate surface area is 162 Å². The maximum atomic E-state index is 12.9. The minimum Gasteiger partial charge on any atom is -0.252 e. The molecule has 0 saturated carbocycles. The van der Waals surface area contributed by atoms with E-state index in [4.69, 9.17) is 40.1 Å². The zero-order chi connectivity index (χ0) is 19.7. The number of halogens is 6. The Morgan fingerprint density at radius 2 is 1.54 bits per heavy atom. The molecule has 0 aliphatic heterocycles. The summed E-state index contributed by atoms with van der Waals surface area (Å²) in [5, 5.41) is 8.64. The molecule has 138 valence electrons. The highest BCUT2D eigenvalue weighted by Gasteiger charge is 2.32. The van der Waals surface area contributed by atoms with E-state index in [0.717, 1.165) is 24.3 Å². The first-order chi connectivity index (χ1) is 12.0. The SMILES string of the molecule is N#CCN(c1ccc(C(F)(F)F)cc1)S(=O)(=O)c1cc(Cl)c(Cl)cc1Cl. The van der Waals surface area contributed by atoms with Gasteiger partial charge in [0, 0.05) is 0 Å². The summed E-state index contributed by atoms with van der Waals surface area (Å²) in [6.45, 7) is -0.649. The highest BCUT2D eigenvalue weighted by Crippen LogP contribution is 2.35. The van der Waals surface area contributed by atoms with Gasteiger partial charge in [-0.1, -0.05) is 34.8 Å². The molecule has 4 nitrogen and oxygen atoms in total. The Hall–Kier alpha value is -1.66. The number of rotatable bonds is 4. The van der Waals surface area contributed by atoms with Gasteiger partial charge in [-0.25, -0.2) is 8.42 Å². The van der Waals surface area contributed by atoms with E-state index in [2.05, 4.69) is 0 Å². The Kier molecular flexibility index (Phi) is 5.98. The maximum absolute atomic E-state index is 12.9. The summed E-state index contributed by atoms with van der Waals surface area (Å²) >= 11 is 17.5. The van der Waals surface area contributed by atoms with E-state index in [1.165, 1.54) is 0 Å². The van der Waals surface area contributed by atoms with Crippen molar-refractivity contribution < 1.29 is 21.6 Å². The van der Waals surface area contributed by atoms with E-state index in [9.17, 15) is 21.6 Å². The van der Waals surface area contributed by atoms with Gasteiger partial charge in [-0.15, -0.1) is 0 Å². The second-order valence-corrected chi connectivity index (χ2v) is 7.96. The highest BCUT2D eigenvalue weighted by atomic mass is 35.5. The van der Waals surface area contributed by atoms with Crippen molar-refractivity contribution in [2.24, 2.45) is 0 Å². The number of benzene rings is 2.